The molecule has 0 bridgehead atoms. The molecule has 0 aliphatic heterocycles. The number of rotatable bonds is 5. The second-order valence-corrected chi connectivity index (χ2v) is 3.70. The highest BCUT2D eigenvalue weighted by Gasteiger charge is 2.18. The molecule has 4 nitrogen and oxygen atoms in total. The fourth-order valence-electron chi connectivity index (χ4n) is 1.22. The molecule has 5 heteroatoms. The Morgan fingerprint density at radius 3 is 2.31 bits per heavy atom. The molecule has 1 aromatic rings. The first-order valence-corrected chi connectivity index (χ1v) is 5.36. The van der Waals surface area contributed by atoms with E-state index in [2.05, 4.69) is 0 Å². The van der Waals surface area contributed by atoms with E-state index in [0.29, 0.717) is 6.42 Å². The fourth-order valence-corrected chi connectivity index (χ4v) is 1.48. The highest BCUT2D eigenvalue weighted by molar-refractivity contribution is 7.70. The number of carboxylic acids is 1. The van der Waals surface area contributed by atoms with Crippen molar-refractivity contribution in [3.63, 3.8) is 0 Å². The van der Waals surface area contributed by atoms with Crippen molar-refractivity contribution in [2.75, 3.05) is 0 Å². The number of aliphatic carboxylic acids is 1. The standard InChI is InChI=1S/C11H10O4S/c12-9(10(16-15)11(13)14)7-6-8-4-2-1-3-5-8/h1-5H,6-7H2,(H,13,14). The normalized spacial score (nSPS) is 9.50. The van der Waals surface area contributed by atoms with E-state index in [9.17, 15) is 13.8 Å². The van der Waals surface area contributed by atoms with E-state index in [1.165, 1.54) is 0 Å². The lowest BCUT2D eigenvalue weighted by molar-refractivity contribution is -0.130. The molecule has 84 valence electrons. The summed E-state index contributed by atoms with van der Waals surface area (Å²) in [7, 11) is 0. The van der Waals surface area contributed by atoms with Crippen LogP contribution in [0.15, 0.2) is 30.3 Å². The summed E-state index contributed by atoms with van der Waals surface area (Å²) in [6.07, 6.45) is 0.484. The summed E-state index contributed by atoms with van der Waals surface area (Å²) < 4.78 is 10.4. The first-order valence-electron chi connectivity index (χ1n) is 4.62. The molecule has 0 heterocycles. The maximum atomic E-state index is 11.4. The summed E-state index contributed by atoms with van der Waals surface area (Å²) in [5.41, 5.74) is 0.941. The van der Waals surface area contributed by atoms with Gasteiger partial charge in [-0.1, -0.05) is 30.3 Å². The van der Waals surface area contributed by atoms with Crippen molar-refractivity contribution in [1.29, 1.82) is 0 Å². The lowest BCUT2D eigenvalue weighted by Crippen LogP contribution is -2.23. The van der Waals surface area contributed by atoms with Crippen LogP contribution in [0.25, 0.3) is 0 Å². The second kappa shape index (κ2) is 5.97. The third-order valence-corrected chi connectivity index (χ3v) is 2.58. The molecule has 0 spiro atoms. The minimum absolute atomic E-state index is 0.0425. The lowest BCUT2D eigenvalue weighted by atomic mass is 10.1. The van der Waals surface area contributed by atoms with Crippen LogP contribution in [0.4, 0.5) is 0 Å². The highest BCUT2D eigenvalue weighted by Crippen LogP contribution is 2.03. The maximum absolute atomic E-state index is 11.4. The van der Waals surface area contributed by atoms with Crippen LogP contribution in [0.3, 0.4) is 0 Å². The third-order valence-electron chi connectivity index (χ3n) is 2.01. The van der Waals surface area contributed by atoms with E-state index in [4.69, 9.17) is 5.11 Å². The smallest absolute Gasteiger partial charge is 0.352 e. The van der Waals surface area contributed by atoms with Crippen molar-refractivity contribution in [2.45, 2.75) is 12.8 Å². The topological polar surface area (TPSA) is 71.4 Å². The number of carbonyl (C=O) groups is 2. The molecule has 1 rings (SSSR count). The lowest BCUT2D eigenvalue weighted by Gasteiger charge is -1.99. The number of ketones is 1. The summed E-state index contributed by atoms with van der Waals surface area (Å²) in [6, 6.07) is 9.22. The molecule has 0 unspecified atom stereocenters. The molecule has 0 atom stereocenters. The summed E-state index contributed by atoms with van der Waals surface area (Å²) in [5, 5.41) is 8.56. The van der Waals surface area contributed by atoms with Crippen molar-refractivity contribution in [3.05, 3.63) is 35.9 Å². The number of hydrogen-bond donors (Lipinski definition) is 1. The quantitative estimate of drug-likeness (QED) is 0.604. The molecule has 0 radical (unpaired) electrons. The maximum Gasteiger partial charge on any atom is 0.352 e. The van der Waals surface area contributed by atoms with Gasteiger partial charge in [0.05, 0.1) is 0 Å². The Labute approximate surface area is 96.0 Å². The fraction of sp³-hybridized carbons (Fsp3) is 0.182. The minimum Gasteiger partial charge on any atom is -0.477 e. The predicted molar refractivity (Wildman–Crippen MR) is 60.6 cm³/mol. The van der Waals surface area contributed by atoms with Gasteiger partial charge in [-0.15, -0.1) is 0 Å². The van der Waals surface area contributed by atoms with Gasteiger partial charge in [-0.3, -0.25) is 4.79 Å². The average Bonchev–Trinajstić information content (AvgIpc) is 2.28. The Morgan fingerprint density at radius 1 is 1.19 bits per heavy atom. The number of hydrogen-bond acceptors (Lipinski definition) is 3. The van der Waals surface area contributed by atoms with Crippen LogP contribution >= 0.6 is 0 Å². The van der Waals surface area contributed by atoms with Crippen LogP contribution in [0.5, 0.6) is 0 Å². The average molecular weight is 238 g/mol. The highest BCUT2D eigenvalue weighted by atomic mass is 32.1. The van der Waals surface area contributed by atoms with Crippen LogP contribution in [-0.2, 0) is 27.3 Å². The first-order chi connectivity index (χ1) is 7.65. The van der Waals surface area contributed by atoms with Crippen molar-refractivity contribution >= 4 is 27.9 Å². The Bertz CT molecular complexity index is 446. The van der Waals surface area contributed by atoms with Crippen molar-refractivity contribution in [2.24, 2.45) is 0 Å². The van der Waals surface area contributed by atoms with E-state index in [1.807, 2.05) is 30.3 Å². The molecule has 0 saturated carbocycles. The monoisotopic (exact) mass is 238 g/mol. The molecule has 0 aliphatic rings. The van der Waals surface area contributed by atoms with E-state index >= 15 is 0 Å². The number of Topliss-reactive ketones (excluding diaryl/α,β-unsaturated/α-hetero) is 1. The molecular weight excluding hydrogens is 228 g/mol. The molecule has 1 aromatic carbocycles. The van der Waals surface area contributed by atoms with Gasteiger partial charge in [-0.05, 0) is 12.0 Å². The minimum atomic E-state index is -1.45. The van der Waals surface area contributed by atoms with E-state index in [0.717, 1.165) is 5.56 Å². The van der Waals surface area contributed by atoms with E-state index in [1.54, 1.807) is 0 Å². The first kappa shape index (κ1) is 12.3. The van der Waals surface area contributed by atoms with E-state index < -0.39 is 16.6 Å². The summed E-state index contributed by atoms with van der Waals surface area (Å²) in [6.45, 7) is 0. The van der Waals surface area contributed by atoms with Gasteiger partial charge in [0.25, 0.3) is 0 Å². The van der Waals surface area contributed by atoms with Crippen LogP contribution in [-0.4, -0.2) is 25.9 Å². The zero-order valence-electron chi connectivity index (χ0n) is 8.38. The van der Waals surface area contributed by atoms with Gasteiger partial charge in [-0.25, -0.2) is 9.00 Å². The molecule has 0 saturated heterocycles. The van der Waals surface area contributed by atoms with Crippen LogP contribution < -0.4 is 0 Å². The summed E-state index contributed by atoms with van der Waals surface area (Å²) in [5.74, 6) is -2.06. The molecular formula is C11H10O4S. The summed E-state index contributed by atoms with van der Waals surface area (Å²) >= 11 is -0.261. The number of benzene rings is 1. The molecule has 16 heavy (non-hydrogen) atoms. The zero-order chi connectivity index (χ0) is 12.0. The predicted octanol–water partition coefficient (Wildman–Crippen LogP) is 0.658. The molecule has 0 amide bonds. The van der Waals surface area contributed by atoms with Crippen molar-refractivity contribution < 1.29 is 18.9 Å². The van der Waals surface area contributed by atoms with Gasteiger partial charge < -0.3 is 5.11 Å². The van der Waals surface area contributed by atoms with Crippen LogP contribution in [0.2, 0.25) is 0 Å². The van der Waals surface area contributed by atoms with Crippen LogP contribution in [0.1, 0.15) is 12.0 Å². The van der Waals surface area contributed by atoms with Crippen molar-refractivity contribution in [1.82, 2.24) is 0 Å². The second-order valence-electron chi connectivity index (χ2n) is 3.13. The molecule has 0 aliphatic carbocycles. The van der Waals surface area contributed by atoms with Gasteiger partial charge in [-0.2, -0.15) is 0 Å². The number of carbonyl (C=O) groups excluding carboxylic acids is 1. The summed E-state index contributed by atoms with van der Waals surface area (Å²) in [4.78, 5) is 21.2. The Kier molecular flexibility index (Phi) is 4.60. The van der Waals surface area contributed by atoms with E-state index in [-0.39, 0.29) is 17.7 Å². The molecule has 0 fully saturated rings. The Balaban J connectivity index is 2.60. The van der Waals surface area contributed by atoms with Gasteiger partial charge in [0.1, 0.15) is 11.3 Å². The van der Waals surface area contributed by atoms with Gasteiger partial charge in [0.15, 0.2) is 10.6 Å². The Morgan fingerprint density at radius 2 is 1.81 bits per heavy atom. The largest absolute Gasteiger partial charge is 0.477 e. The number of carboxylic acid groups (broad SMARTS) is 1. The molecule has 1 N–H and O–H groups in total. The van der Waals surface area contributed by atoms with Gasteiger partial charge in [0, 0.05) is 6.42 Å². The van der Waals surface area contributed by atoms with Crippen LogP contribution in [0, 0.1) is 0 Å². The SMILES string of the molecule is O=S=C(C(=O)O)C(=O)CCc1ccccc1. The third kappa shape index (κ3) is 3.43. The van der Waals surface area contributed by atoms with Gasteiger partial charge >= 0.3 is 5.97 Å². The van der Waals surface area contributed by atoms with Crippen molar-refractivity contribution in [3.8, 4) is 0 Å². The Hall–Kier alpha value is -1.75. The molecule has 0 aromatic heterocycles. The van der Waals surface area contributed by atoms with Gasteiger partial charge in [0.2, 0.25) is 0 Å². The number of aryl methyl sites for hydroxylation is 1. The zero-order valence-corrected chi connectivity index (χ0v) is 9.20.